The van der Waals surface area contributed by atoms with Gasteiger partial charge in [0.25, 0.3) is 0 Å². The van der Waals surface area contributed by atoms with E-state index in [2.05, 4.69) is 5.32 Å². The average molecular weight is 358 g/mol. The average Bonchev–Trinajstić information content (AvgIpc) is 3.04. The zero-order valence-electron chi connectivity index (χ0n) is 14.5. The van der Waals surface area contributed by atoms with Crippen LogP contribution >= 0.6 is 0 Å². The second-order valence-electron chi connectivity index (χ2n) is 5.91. The summed E-state index contributed by atoms with van der Waals surface area (Å²) in [5.74, 6) is -0.590. The van der Waals surface area contributed by atoms with Gasteiger partial charge < -0.3 is 19.7 Å². The molecule has 0 aromatic heterocycles. The minimum atomic E-state index is -0.575. The maximum Gasteiger partial charge on any atom is 0.229 e. The van der Waals surface area contributed by atoms with Crippen molar-refractivity contribution >= 4 is 23.2 Å². The first-order valence-electron chi connectivity index (χ1n) is 8.11. The fourth-order valence-corrected chi connectivity index (χ4v) is 2.92. The summed E-state index contributed by atoms with van der Waals surface area (Å²) in [6, 6.07) is 11.0. The summed E-state index contributed by atoms with van der Waals surface area (Å²) in [4.78, 5) is 26.4. The van der Waals surface area contributed by atoms with E-state index in [1.807, 2.05) is 0 Å². The van der Waals surface area contributed by atoms with E-state index in [4.69, 9.17) is 9.47 Å². The van der Waals surface area contributed by atoms with Crippen LogP contribution in [0.25, 0.3) is 0 Å². The lowest BCUT2D eigenvalue weighted by molar-refractivity contribution is -0.122. The Labute approximate surface area is 150 Å². The number of ether oxygens (including phenoxy) is 2. The van der Waals surface area contributed by atoms with Crippen LogP contribution in [0.1, 0.15) is 6.42 Å². The van der Waals surface area contributed by atoms with Crippen LogP contribution in [0.4, 0.5) is 15.8 Å². The van der Waals surface area contributed by atoms with Crippen molar-refractivity contribution in [2.45, 2.75) is 6.42 Å². The number of amides is 2. The van der Waals surface area contributed by atoms with Crippen LogP contribution in [0.15, 0.2) is 42.5 Å². The summed E-state index contributed by atoms with van der Waals surface area (Å²) >= 11 is 0. The molecule has 0 bridgehead atoms. The van der Waals surface area contributed by atoms with Crippen molar-refractivity contribution in [1.29, 1.82) is 0 Å². The van der Waals surface area contributed by atoms with E-state index in [1.54, 1.807) is 37.4 Å². The lowest BCUT2D eigenvalue weighted by Gasteiger charge is -2.20. The number of anilines is 2. The van der Waals surface area contributed by atoms with Gasteiger partial charge in [0.1, 0.15) is 17.3 Å². The molecule has 1 aliphatic rings. The Morgan fingerprint density at radius 2 is 1.96 bits per heavy atom. The van der Waals surface area contributed by atoms with Gasteiger partial charge in [-0.2, -0.15) is 0 Å². The zero-order valence-corrected chi connectivity index (χ0v) is 14.5. The van der Waals surface area contributed by atoms with Gasteiger partial charge in [0.05, 0.1) is 31.5 Å². The van der Waals surface area contributed by atoms with Crippen LogP contribution in [-0.4, -0.2) is 32.6 Å². The summed E-state index contributed by atoms with van der Waals surface area (Å²) in [5, 5.41) is 2.55. The molecule has 26 heavy (non-hydrogen) atoms. The van der Waals surface area contributed by atoms with E-state index in [-0.39, 0.29) is 24.6 Å². The quantitative estimate of drug-likeness (QED) is 0.892. The molecule has 0 saturated carbocycles. The first-order chi connectivity index (χ1) is 12.5. The fraction of sp³-hybridized carbons (Fsp3) is 0.263. The number of para-hydroxylation sites is 1. The minimum absolute atomic E-state index is 0.0511. The zero-order chi connectivity index (χ0) is 18.7. The van der Waals surface area contributed by atoms with Crippen LogP contribution in [0.5, 0.6) is 11.5 Å². The van der Waals surface area contributed by atoms with Gasteiger partial charge in [0, 0.05) is 19.0 Å². The molecule has 0 radical (unpaired) electrons. The number of nitrogens with one attached hydrogen (secondary N) is 1. The Hall–Kier alpha value is -3.09. The van der Waals surface area contributed by atoms with Gasteiger partial charge in [-0.05, 0) is 24.3 Å². The highest BCUT2D eigenvalue weighted by molar-refractivity contribution is 6.04. The van der Waals surface area contributed by atoms with Crippen LogP contribution < -0.4 is 19.7 Å². The van der Waals surface area contributed by atoms with Crippen molar-refractivity contribution in [3.63, 3.8) is 0 Å². The second kappa shape index (κ2) is 7.43. The Kier molecular flexibility index (Phi) is 5.06. The van der Waals surface area contributed by atoms with Gasteiger partial charge in [-0.1, -0.05) is 12.1 Å². The van der Waals surface area contributed by atoms with E-state index in [0.717, 1.165) is 0 Å². The topological polar surface area (TPSA) is 67.9 Å². The lowest BCUT2D eigenvalue weighted by Crippen LogP contribution is -2.28. The third kappa shape index (κ3) is 3.46. The second-order valence-corrected chi connectivity index (χ2v) is 5.91. The highest BCUT2D eigenvalue weighted by Crippen LogP contribution is 2.36. The van der Waals surface area contributed by atoms with E-state index < -0.39 is 17.6 Å². The van der Waals surface area contributed by atoms with Crippen molar-refractivity contribution in [2.24, 2.45) is 5.92 Å². The third-order valence-electron chi connectivity index (χ3n) is 4.31. The van der Waals surface area contributed by atoms with Crippen molar-refractivity contribution in [2.75, 3.05) is 31.0 Å². The molecule has 7 heteroatoms. The molecule has 3 rings (SSSR count). The Morgan fingerprint density at radius 3 is 2.65 bits per heavy atom. The van der Waals surface area contributed by atoms with E-state index in [9.17, 15) is 14.0 Å². The summed E-state index contributed by atoms with van der Waals surface area (Å²) in [7, 11) is 3.04. The number of methoxy groups -OCH3 is 2. The fourth-order valence-electron chi connectivity index (χ4n) is 2.92. The van der Waals surface area contributed by atoms with Gasteiger partial charge in [0.2, 0.25) is 11.8 Å². The first kappa shape index (κ1) is 17.7. The Morgan fingerprint density at radius 1 is 1.19 bits per heavy atom. The molecule has 2 amide bonds. The number of carbonyl (C=O) groups excluding carboxylic acids is 2. The molecule has 2 aromatic carbocycles. The molecule has 1 atom stereocenters. The summed E-state index contributed by atoms with van der Waals surface area (Å²) in [6.45, 7) is 0.196. The smallest absolute Gasteiger partial charge is 0.229 e. The molecule has 1 fully saturated rings. The molecule has 1 aliphatic heterocycles. The summed E-state index contributed by atoms with van der Waals surface area (Å²) in [6.07, 6.45) is 0.0511. The van der Waals surface area contributed by atoms with Crippen molar-refractivity contribution < 1.29 is 23.5 Å². The summed E-state index contributed by atoms with van der Waals surface area (Å²) in [5.41, 5.74) is 0.671. The molecule has 2 aromatic rings. The van der Waals surface area contributed by atoms with Gasteiger partial charge in [-0.3, -0.25) is 9.59 Å². The van der Waals surface area contributed by atoms with Crippen molar-refractivity contribution in [1.82, 2.24) is 0 Å². The standard InChI is InChI=1S/C19H19FN2O4/c1-25-13-7-8-16(17(10-13)26-2)22-11-12(9-18(22)23)19(24)21-15-6-4-3-5-14(15)20/h3-8,10,12H,9,11H2,1-2H3,(H,21,24)/t12-/m1/s1. The first-order valence-corrected chi connectivity index (χ1v) is 8.11. The maximum absolute atomic E-state index is 13.7. The number of benzene rings is 2. The maximum atomic E-state index is 13.7. The van der Waals surface area contributed by atoms with Gasteiger partial charge in [0.15, 0.2) is 0 Å². The number of hydrogen-bond donors (Lipinski definition) is 1. The van der Waals surface area contributed by atoms with Crippen molar-refractivity contribution in [3.05, 3.63) is 48.3 Å². The van der Waals surface area contributed by atoms with Crippen LogP contribution in [0.3, 0.4) is 0 Å². The lowest BCUT2D eigenvalue weighted by atomic mass is 10.1. The largest absolute Gasteiger partial charge is 0.497 e. The number of hydrogen-bond acceptors (Lipinski definition) is 4. The van der Waals surface area contributed by atoms with Crippen LogP contribution in [0, 0.1) is 11.7 Å². The van der Waals surface area contributed by atoms with Gasteiger partial charge >= 0.3 is 0 Å². The van der Waals surface area contributed by atoms with E-state index >= 15 is 0 Å². The highest BCUT2D eigenvalue weighted by atomic mass is 19.1. The minimum Gasteiger partial charge on any atom is -0.497 e. The number of nitrogens with zero attached hydrogens (tertiary/aromatic N) is 1. The molecule has 1 heterocycles. The number of rotatable bonds is 5. The molecule has 1 N–H and O–H groups in total. The third-order valence-corrected chi connectivity index (χ3v) is 4.31. The van der Waals surface area contributed by atoms with E-state index in [0.29, 0.717) is 17.2 Å². The highest BCUT2D eigenvalue weighted by Gasteiger charge is 2.36. The SMILES string of the molecule is COc1ccc(N2C[C@H](C(=O)Nc3ccccc3F)CC2=O)c(OC)c1. The number of carbonyl (C=O) groups is 2. The van der Waals surface area contributed by atoms with Crippen LogP contribution in [-0.2, 0) is 9.59 Å². The van der Waals surface area contributed by atoms with E-state index in [1.165, 1.54) is 24.1 Å². The molecule has 1 saturated heterocycles. The predicted octanol–water partition coefficient (Wildman–Crippen LogP) is 2.83. The Balaban J connectivity index is 1.76. The normalized spacial score (nSPS) is 16.5. The predicted molar refractivity (Wildman–Crippen MR) is 95.0 cm³/mol. The molecular weight excluding hydrogens is 339 g/mol. The van der Waals surface area contributed by atoms with Crippen LogP contribution in [0.2, 0.25) is 0 Å². The van der Waals surface area contributed by atoms with Crippen molar-refractivity contribution in [3.8, 4) is 11.5 Å². The van der Waals surface area contributed by atoms with Gasteiger partial charge in [-0.15, -0.1) is 0 Å². The Bertz CT molecular complexity index is 840. The molecule has 0 spiro atoms. The van der Waals surface area contributed by atoms with Gasteiger partial charge in [-0.25, -0.2) is 4.39 Å². The monoisotopic (exact) mass is 358 g/mol. The molecule has 0 unspecified atom stereocenters. The molecule has 6 nitrogen and oxygen atoms in total. The summed E-state index contributed by atoms with van der Waals surface area (Å²) < 4.78 is 24.2. The molecular formula is C19H19FN2O4. The number of halogens is 1. The molecule has 0 aliphatic carbocycles. The molecule has 136 valence electrons.